The van der Waals surface area contributed by atoms with Crippen LogP contribution in [0, 0.1) is 5.92 Å². The van der Waals surface area contributed by atoms with Crippen molar-refractivity contribution in [2.45, 2.75) is 32.3 Å². The van der Waals surface area contributed by atoms with Crippen molar-refractivity contribution in [2.24, 2.45) is 5.92 Å². The molecule has 2 aliphatic rings. The normalized spacial score (nSPS) is 19.0. The maximum Gasteiger partial charge on any atom is 0.245 e. The highest BCUT2D eigenvalue weighted by atomic mass is 35.5. The first-order valence-electron chi connectivity index (χ1n) is 13.4. The lowest BCUT2D eigenvalue weighted by Gasteiger charge is -2.32. The molecule has 11 nitrogen and oxygen atoms in total. The van der Waals surface area contributed by atoms with Crippen LogP contribution in [0.1, 0.15) is 26.2 Å². The molecule has 0 bridgehead atoms. The standard InChI is InChI=1S/C28H33ClN8O3/c1-4-25(39)37-11-9-19(15-37)14-35(3)24-8-7-23-26(34-24)27(32-17-31-23)33-20-12-22(29)28(30-13-20)40-21-6-5-10-36(16-21)18(2)38/h4,7-8,12-13,17,19,21H,1,5-6,9-11,14-16H2,2-3H3,(H,31,32,33)/t19-,21?/m1/s1. The summed E-state index contributed by atoms with van der Waals surface area (Å²) in [5, 5.41) is 3.62. The van der Waals surface area contributed by atoms with E-state index in [1.807, 2.05) is 24.1 Å². The number of aromatic nitrogens is 4. The van der Waals surface area contributed by atoms with Crippen molar-refractivity contribution in [3.8, 4) is 5.88 Å². The molecule has 0 aliphatic carbocycles. The van der Waals surface area contributed by atoms with Crippen LogP contribution in [-0.4, -0.2) is 87.4 Å². The summed E-state index contributed by atoms with van der Waals surface area (Å²) in [7, 11) is 1.99. The molecule has 210 valence electrons. The smallest absolute Gasteiger partial charge is 0.245 e. The number of nitrogens with one attached hydrogen (secondary N) is 1. The number of likely N-dealkylation sites (tertiary alicyclic amines) is 2. The molecule has 0 aromatic carbocycles. The summed E-state index contributed by atoms with van der Waals surface area (Å²) in [4.78, 5) is 47.4. The van der Waals surface area contributed by atoms with Crippen molar-refractivity contribution in [1.82, 2.24) is 29.7 Å². The van der Waals surface area contributed by atoms with Crippen LogP contribution in [0.25, 0.3) is 11.0 Å². The van der Waals surface area contributed by atoms with Gasteiger partial charge in [0.05, 0.1) is 23.9 Å². The van der Waals surface area contributed by atoms with E-state index in [9.17, 15) is 9.59 Å². The fourth-order valence-electron chi connectivity index (χ4n) is 5.22. The Hall–Kier alpha value is -3.99. The highest BCUT2D eigenvalue weighted by molar-refractivity contribution is 6.32. The van der Waals surface area contributed by atoms with E-state index in [2.05, 4.69) is 31.7 Å². The summed E-state index contributed by atoms with van der Waals surface area (Å²) in [5.74, 6) is 2.01. The second kappa shape index (κ2) is 12.0. The molecule has 40 heavy (non-hydrogen) atoms. The molecule has 2 saturated heterocycles. The van der Waals surface area contributed by atoms with E-state index in [1.165, 1.54) is 12.4 Å². The van der Waals surface area contributed by atoms with Crippen molar-refractivity contribution in [3.63, 3.8) is 0 Å². The highest BCUT2D eigenvalue weighted by Crippen LogP contribution is 2.30. The van der Waals surface area contributed by atoms with E-state index in [0.29, 0.717) is 52.4 Å². The van der Waals surface area contributed by atoms with E-state index in [0.717, 1.165) is 44.7 Å². The third-order valence-corrected chi connectivity index (χ3v) is 7.61. The lowest BCUT2D eigenvalue weighted by molar-refractivity contribution is -0.131. The number of piperidine rings is 1. The summed E-state index contributed by atoms with van der Waals surface area (Å²) < 4.78 is 6.03. The monoisotopic (exact) mass is 564 g/mol. The molecule has 0 saturated carbocycles. The zero-order valence-electron chi connectivity index (χ0n) is 22.7. The summed E-state index contributed by atoms with van der Waals surface area (Å²) in [6.45, 7) is 8.64. The van der Waals surface area contributed by atoms with Crippen LogP contribution in [0.2, 0.25) is 5.02 Å². The molecule has 2 fully saturated rings. The summed E-state index contributed by atoms with van der Waals surface area (Å²) >= 11 is 6.53. The second-order valence-electron chi connectivity index (χ2n) is 10.3. The minimum atomic E-state index is -0.151. The minimum absolute atomic E-state index is 0.0235. The molecule has 2 atom stereocenters. The van der Waals surface area contributed by atoms with Crippen LogP contribution in [0.15, 0.2) is 43.4 Å². The van der Waals surface area contributed by atoms with Gasteiger partial charge in [-0.25, -0.2) is 19.9 Å². The number of carbonyl (C=O) groups excluding carboxylic acids is 2. The molecule has 0 radical (unpaired) electrons. The van der Waals surface area contributed by atoms with E-state index < -0.39 is 0 Å². The first-order valence-corrected chi connectivity index (χ1v) is 13.8. The van der Waals surface area contributed by atoms with Gasteiger partial charge in [0, 0.05) is 40.2 Å². The topological polar surface area (TPSA) is 117 Å². The lowest BCUT2D eigenvalue weighted by atomic mass is 10.1. The Morgan fingerprint density at radius 1 is 1.20 bits per heavy atom. The Balaban J connectivity index is 1.28. The number of carbonyl (C=O) groups is 2. The number of hydrogen-bond acceptors (Lipinski definition) is 9. The third-order valence-electron chi connectivity index (χ3n) is 7.33. The number of amides is 2. The van der Waals surface area contributed by atoms with Gasteiger partial charge in [0.15, 0.2) is 5.82 Å². The van der Waals surface area contributed by atoms with Gasteiger partial charge >= 0.3 is 0 Å². The fourth-order valence-corrected chi connectivity index (χ4v) is 5.43. The number of ether oxygens (including phenoxy) is 1. The number of rotatable bonds is 8. The fraction of sp³-hybridized carbons (Fsp3) is 0.429. The Labute approximate surface area is 238 Å². The van der Waals surface area contributed by atoms with Gasteiger partial charge in [-0.05, 0) is 49.5 Å². The van der Waals surface area contributed by atoms with Crippen LogP contribution in [-0.2, 0) is 9.59 Å². The average Bonchev–Trinajstić information content (AvgIpc) is 3.42. The molecule has 5 rings (SSSR count). The van der Waals surface area contributed by atoms with Crippen molar-refractivity contribution in [3.05, 3.63) is 48.4 Å². The molecule has 1 N–H and O–H groups in total. The third kappa shape index (κ3) is 6.25. The quantitative estimate of drug-likeness (QED) is 0.409. The predicted molar refractivity (Wildman–Crippen MR) is 154 cm³/mol. The van der Waals surface area contributed by atoms with E-state index >= 15 is 0 Å². The van der Waals surface area contributed by atoms with Gasteiger partial charge in [-0.2, -0.15) is 0 Å². The predicted octanol–water partition coefficient (Wildman–Crippen LogP) is 3.68. The molecular weight excluding hydrogens is 532 g/mol. The maximum atomic E-state index is 11.9. The Kier molecular flexibility index (Phi) is 8.29. The van der Waals surface area contributed by atoms with Gasteiger partial charge < -0.3 is 24.8 Å². The number of halogens is 1. The Morgan fingerprint density at radius 2 is 2.05 bits per heavy atom. The number of pyridine rings is 2. The van der Waals surface area contributed by atoms with Gasteiger partial charge in [-0.1, -0.05) is 18.2 Å². The Bertz CT molecular complexity index is 1420. The van der Waals surface area contributed by atoms with Crippen LogP contribution < -0.4 is 15.0 Å². The maximum absolute atomic E-state index is 11.9. The molecule has 3 aromatic heterocycles. The van der Waals surface area contributed by atoms with Crippen molar-refractivity contribution < 1.29 is 14.3 Å². The summed E-state index contributed by atoms with van der Waals surface area (Å²) in [5.41, 5.74) is 1.94. The number of hydrogen-bond donors (Lipinski definition) is 1. The zero-order valence-corrected chi connectivity index (χ0v) is 23.5. The highest BCUT2D eigenvalue weighted by Gasteiger charge is 2.26. The van der Waals surface area contributed by atoms with Crippen LogP contribution in [0.3, 0.4) is 0 Å². The average molecular weight is 565 g/mol. The van der Waals surface area contributed by atoms with E-state index in [-0.39, 0.29) is 17.9 Å². The van der Waals surface area contributed by atoms with Gasteiger partial charge in [-0.15, -0.1) is 0 Å². The van der Waals surface area contributed by atoms with Crippen molar-refractivity contribution in [2.75, 3.05) is 50.0 Å². The van der Waals surface area contributed by atoms with E-state index in [4.69, 9.17) is 21.3 Å². The number of anilines is 3. The van der Waals surface area contributed by atoms with E-state index in [1.54, 1.807) is 24.1 Å². The van der Waals surface area contributed by atoms with Gasteiger partial charge in [0.25, 0.3) is 0 Å². The van der Waals surface area contributed by atoms with Crippen LogP contribution in [0.4, 0.5) is 17.3 Å². The summed E-state index contributed by atoms with van der Waals surface area (Å²) in [6, 6.07) is 5.58. The minimum Gasteiger partial charge on any atom is -0.471 e. The first-order chi connectivity index (χ1) is 19.3. The van der Waals surface area contributed by atoms with Crippen LogP contribution >= 0.6 is 11.6 Å². The first kappa shape index (κ1) is 27.6. The second-order valence-corrected chi connectivity index (χ2v) is 10.7. The zero-order chi connectivity index (χ0) is 28.2. The largest absolute Gasteiger partial charge is 0.471 e. The Morgan fingerprint density at radius 3 is 2.83 bits per heavy atom. The lowest BCUT2D eigenvalue weighted by Crippen LogP contribution is -2.43. The summed E-state index contributed by atoms with van der Waals surface area (Å²) in [6.07, 6.45) is 6.99. The number of nitrogens with zero attached hydrogens (tertiary/aromatic N) is 7. The molecule has 12 heteroatoms. The molecular formula is C28H33ClN8O3. The van der Waals surface area contributed by atoms with Gasteiger partial charge in [0.2, 0.25) is 17.7 Å². The molecule has 2 aliphatic heterocycles. The van der Waals surface area contributed by atoms with Gasteiger partial charge in [-0.3, -0.25) is 9.59 Å². The SMILES string of the molecule is C=CC(=O)N1CC[C@H](CN(C)c2ccc3ncnc(Nc4cnc(OC5CCCN(C(C)=O)C5)c(Cl)c4)c3n2)C1. The van der Waals surface area contributed by atoms with Crippen LogP contribution in [0.5, 0.6) is 5.88 Å². The van der Waals surface area contributed by atoms with Gasteiger partial charge in [0.1, 0.15) is 28.8 Å². The molecule has 3 aromatic rings. The van der Waals surface area contributed by atoms with Crippen molar-refractivity contribution in [1.29, 1.82) is 0 Å². The molecule has 1 unspecified atom stereocenters. The molecule has 5 heterocycles. The molecule has 2 amide bonds. The molecule has 0 spiro atoms. The van der Waals surface area contributed by atoms with Crippen molar-refractivity contribution >= 4 is 51.8 Å². The number of fused-ring (bicyclic) bond motifs is 1.